The van der Waals surface area contributed by atoms with Gasteiger partial charge in [0.15, 0.2) is 0 Å². The molecule has 7 heteroatoms. The van der Waals surface area contributed by atoms with Gasteiger partial charge in [0.25, 0.3) is 0 Å². The molecule has 1 amide bonds. The summed E-state index contributed by atoms with van der Waals surface area (Å²) in [5.41, 5.74) is 2.13. The highest BCUT2D eigenvalue weighted by molar-refractivity contribution is 7.92. The van der Waals surface area contributed by atoms with Crippen molar-refractivity contribution < 1.29 is 13.2 Å². The second-order valence-corrected chi connectivity index (χ2v) is 8.58. The SMILES string of the molecule is Cc1ccc(N(C(C)C(=O)N[C@@H](C)c2ccccc2)S(C)(=O)=O)cc1Cl. The average molecular weight is 395 g/mol. The first-order valence-electron chi connectivity index (χ1n) is 8.22. The van der Waals surface area contributed by atoms with E-state index in [1.165, 1.54) is 0 Å². The molecule has 0 aromatic heterocycles. The summed E-state index contributed by atoms with van der Waals surface area (Å²) >= 11 is 6.13. The normalized spacial score (nSPS) is 13.7. The number of sulfonamides is 1. The van der Waals surface area contributed by atoms with Crippen LogP contribution in [-0.2, 0) is 14.8 Å². The summed E-state index contributed by atoms with van der Waals surface area (Å²) in [5.74, 6) is -0.386. The molecule has 0 fully saturated rings. The Labute approximate surface area is 160 Å². The molecule has 1 unspecified atom stereocenters. The number of hydrogen-bond acceptors (Lipinski definition) is 3. The lowest BCUT2D eigenvalue weighted by Gasteiger charge is -2.29. The van der Waals surface area contributed by atoms with Gasteiger partial charge in [0, 0.05) is 5.02 Å². The number of nitrogens with one attached hydrogen (secondary N) is 1. The minimum atomic E-state index is -3.68. The van der Waals surface area contributed by atoms with Crippen molar-refractivity contribution in [3.63, 3.8) is 0 Å². The van der Waals surface area contributed by atoms with Gasteiger partial charge in [-0.2, -0.15) is 0 Å². The summed E-state index contributed by atoms with van der Waals surface area (Å²) in [4.78, 5) is 12.7. The quantitative estimate of drug-likeness (QED) is 0.812. The highest BCUT2D eigenvalue weighted by Crippen LogP contribution is 2.27. The van der Waals surface area contributed by atoms with Crippen molar-refractivity contribution >= 4 is 33.2 Å². The zero-order chi connectivity index (χ0) is 19.5. The number of benzene rings is 2. The van der Waals surface area contributed by atoms with Gasteiger partial charge in [0.2, 0.25) is 15.9 Å². The molecule has 2 atom stereocenters. The van der Waals surface area contributed by atoms with Crippen LogP contribution in [0.5, 0.6) is 0 Å². The van der Waals surface area contributed by atoms with E-state index >= 15 is 0 Å². The highest BCUT2D eigenvalue weighted by Gasteiger charge is 2.30. The third-order valence-electron chi connectivity index (χ3n) is 4.16. The summed E-state index contributed by atoms with van der Waals surface area (Å²) in [6, 6.07) is 13.3. The Kier molecular flexibility index (Phi) is 6.31. The molecule has 0 bridgehead atoms. The lowest BCUT2D eigenvalue weighted by Crippen LogP contribution is -2.48. The molecule has 0 aliphatic carbocycles. The number of anilines is 1. The molecule has 5 nitrogen and oxygen atoms in total. The van der Waals surface area contributed by atoms with E-state index in [0.717, 1.165) is 21.7 Å². The number of aryl methyl sites for hydroxylation is 1. The van der Waals surface area contributed by atoms with Crippen LogP contribution in [0.3, 0.4) is 0 Å². The van der Waals surface area contributed by atoms with E-state index in [1.807, 2.05) is 44.2 Å². The van der Waals surface area contributed by atoms with Crippen molar-refractivity contribution in [2.45, 2.75) is 32.9 Å². The molecule has 1 N–H and O–H groups in total. The van der Waals surface area contributed by atoms with Crippen molar-refractivity contribution in [1.82, 2.24) is 5.32 Å². The van der Waals surface area contributed by atoms with Gasteiger partial charge in [-0.05, 0) is 44.0 Å². The van der Waals surface area contributed by atoms with Crippen LogP contribution in [0.15, 0.2) is 48.5 Å². The molecule has 140 valence electrons. The zero-order valence-electron chi connectivity index (χ0n) is 15.2. The zero-order valence-corrected chi connectivity index (χ0v) is 16.8. The van der Waals surface area contributed by atoms with E-state index in [9.17, 15) is 13.2 Å². The molecular formula is C19H23ClN2O3S. The van der Waals surface area contributed by atoms with Gasteiger partial charge in [-0.15, -0.1) is 0 Å². The number of carbonyl (C=O) groups excluding carboxylic acids is 1. The average Bonchev–Trinajstić information content (AvgIpc) is 2.57. The van der Waals surface area contributed by atoms with E-state index in [-0.39, 0.29) is 11.9 Å². The number of halogens is 1. The third-order valence-corrected chi connectivity index (χ3v) is 5.81. The number of hydrogen-bond donors (Lipinski definition) is 1. The van der Waals surface area contributed by atoms with Gasteiger partial charge in [-0.25, -0.2) is 8.42 Å². The van der Waals surface area contributed by atoms with Crippen molar-refractivity contribution in [3.8, 4) is 0 Å². The lowest BCUT2D eigenvalue weighted by molar-refractivity contribution is -0.122. The fraction of sp³-hybridized carbons (Fsp3) is 0.316. The number of amides is 1. The molecule has 0 radical (unpaired) electrons. The monoisotopic (exact) mass is 394 g/mol. The van der Waals surface area contributed by atoms with Crippen LogP contribution in [0.25, 0.3) is 0 Å². The number of rotatable bonds is 6. The minimum Gasteiger partial charge on any atom is -0.348 e. The Hall–Kier alpha value is -2.05. The Morgan fingerprint density at radius 2 is 1.73 bits per heavy atom. The fourth-order valence-electron chi connectivity index (χ4n) is 2.69. The second kappa shape index (κ2) is 8.10. The summed E-state index contributed by atoms with van der Waals surface area (Å²) in [7, 11) is -3.68. The first kappa shape index (κ1) is 20.3. The molecular weight excluding hydrogens is 372 g/mol. The van der Waals surface area contributed by atoms with Crippen LogP contribution in [0.4, 0.5) is 5.69 Å². The van der Waals surface area contributed by atoms with E-state index in [0.29, 0.717) is 10.7 Å². The molecule has 0 aliphatic rings. The van der Waals surface area contributed by atoms with Crippen LogP contribution >= 0.6 is 11.6 Å². The first-order valence-corrected chi connectivity index (χ1v) is 10.4. The molecule has 2 aromatic rings. The minimum absolute atomic E-state index is 0.242. The number of carbonyl (C=O) groups is 1. The van der Waals surface area contributed by atoms with Crippen molar-refractivity contribution in [2.24, 2.45) is 0 Å². The number of nitrogens with zero attached hydrogens (tertiary/aromatic N) is 1. The third kappa shape index (κ3) is 4.77. The van der Waals surface area contributed by atoms with Crippen molar-refractivity contribution in [3.05, 3.63) is 64.7 Å². The Morgan fingerprint density at radius 1 is 1.12 bits per heavy atom. The second-order valence-electron chi connectivity index (χ2n) is 6.31. The van der Waals surface area contributed by atoms with Gasteiger partial charge in [-0.1, -0.05) is 48.0 Å². The molecule has 0 heterocycles. The Bertz CT molecular complexity index is 885. The maximum absolute atomic E-state index is 12.7. The molecule has 26 heavy (non-hydrogen) atoms. The van der Waals surface area contributed by atoms with Crippen LogP contribution in [0.1, 0.15) is 31.0 Å². The molecule has 0 saturated carbocycles. The predicted octanol–water partition coefficient (Wildman–Crippen LogP) is 3.68. The Balaban J connectivity index is 2.27. The lowest BCUT2D eigenvalue weighted by atomic mass is 10.1. The van der Waals surface area contributed by atoms with E-state index < -0.39 is 16.1 Å². The maximum Gasteiger partial charge on any atom is 0.244 e. The smallest absolute Gasteiger partial charge is 0.244 e. The Morgan fingerprint density at radius 3 is 2.27 bits per heavy atom. The van der Waals surface area contributed by atoms with Gasteiger partial charge in [-0.3, -0.25) is 9.10 Å². The fourth-order valence-corrected chi connectivity index (χ4v) is 4.03. The standard InChI is InChI=1S/C19H23ClN2O3S/c1-13-10-11-17(12-18(13)20)22(26(4,24)25)15(3)19(23)21-14(2)16-8-6-5-7-9-16/h5-12,14-15H,1-4H3,(H,21,23)/t14-,15?/m0/s1. The molecule has 0 aliphatic heterocycles. The highest BCUT2D eigenvalue weighted by atomic mass is 35.5. The van der Waals surface area contributed by atoms with Crippen molar-refractivity contribution in [1.29, 1.82) is 0 Å². The summed E-state index contributed by atoms with van der Waals surface area (Å²) in [6.45, 7) is 5.24. The van der Waals surface area contributed by atoms with Crippen LogP contribution in [-0.4, -0.2) is 26.6 Å². The van der Waals surface area contributed by atoms with E-state index in [2.05, 4.69) is 5.32 Å². The largest absolute Gasteiger partial charge is 0.348 e. The first-order chi connectivity index (χ1) is 12.1. The van der Waals surface area contributed by atoms with Gasteiger partial charge < -0.3 is 5.32 Å². The molecule has 2 aromatic carbocycles. The summed E-state index contributed by atoms with van der Waals surface area (Å²) < 4.78 is 25.8. The van der Waals surface area contributed by atoms with Crippen LogP contribution < -0.4 is 9.62 Å². The van der Waals surface area contributed by atoms with Gasteiger partial charge in [0.05, 0.1) is 18.0 Å². The molecule has 0 spiro atoms. The predicted molar refractivity (Wildman–Crippen MR) is 106 cm³/mol. The van der Waals surface area contributed by atoms with Crippen LogP contribution in [0, 0.1) is 6.92 Å². The topological polar surface area (TPSA) is 66.5 Å². The van der Waals surface area contributed by atoms with E-state index in [1.54, 1.807) is 25.1 Å². The van der Waals surface area contributed by atoms with Gasteiger partial charge in [0.1, 0.15) is 6.04 Å². The van der Waals surface area contributed by atoms with E-state index in [4.69, 9.17) is 11.6 Å². The summed E-state index contributed by atoms with van der Waals surface area (Å²) in [6.07, 6.45) is 1.07. The van der Waals surface area contributed by atoms with Crippen molar-refractivity contribution in [2.75, 3.05) is 10.6 Å². The summed E-state index contributed by atoms with van der Waals surface area (Å²) in [5, 5.41) is 3.31. The maximum atomic E-state index is 12.7. The molecule has 0 saturated heterocycles. The van der Waals surface area contributed by atoms with Gasteiger partial charge >= 0.3 is 0 Å². The van der Waals surface area contributed by atoms with Crippen LogP contribution in [0.2, 0.25) is 5.02 Å². The molecule has 2 rings (SSSR count).